The molecule has 0 radical (unpaired) electrons. The third kappa shape index (κ3) is 2.94. The van der Waals surface area contributed by atoms with Crippen molar-refractivity contribution in [1.29, 1.82) is 0 Å². The number of fused-ring (bicyclic) bond motifs is 1. The quantitative estimate of drug-likeness (QED) is 0.575. The zero-order chi connectivity index (χ0) is 17.6. The van der Waals surface area contributed by atoms with E-state index in [9.17, 15) is 9.18 Å². The highest BCUT2D eigenvalue weighted by Gasteiger charge is 2.19. The summed E-state index contributed by atoms with van der Waals surface area (Å²) in [6, 6.07) is 6.19. The Morgan fingerprint density at radius 3 is 2.60 bits per heavy atom. The summed E-state index contributed by atoms with van der Waals surface area (Å²) in [5.41, 5.74) is 3.27. The van der Waals surface area contributed by atoms with E-state index in [0.29, 0.717) is 10.0 Å². The van der Waals surface area contributed by atoms with Crippen molar-refractivity contribution in [2.75, 3.05) is 5.32 Å². The average Bonchev–Trinajstić information content (AvgIpc) is 3.25. The van der Waals surface area contributed by atoms with E-state index in [1.807, 2.05) is 29.8 Å². The lowest BCUT2D eigenvalue weighted by Gasteiger charge is -2.00. The number of nitrogens with zero attached hydrogens (tertiary/aromatic N) is 3. The van der Waals surface area contributed by atoms with Gasteiger partial charge in [-0.1, -0.05) is 11.3 Å². The number of aryl methyl sites for hydroxylation is 2. The fourth-order valence-corrected chi connectivity index (χ4v) is 4.17. The molecular formula is C17H13FN4OS2. The monoisotopic (exact) mass is 372 g/mol. The third-order valence-corrected chi connectivity index (χ3v) is 5.77. The molecule has 0 saturated carbocycles. The van der Waals surface area contributed by atoms with Crippen LogP contribution in [-0.2, 0) is 0 Å². The van der Waals surface area contributed by atoms with Crippen LogP contribution in [0.2, 0.25) is 0 Å². The minimum absolute atomic E-state index is 0.189. The van der Waals surface area contributed by atoms with Gasteiger partial charge in [0.05, 0.1) is 11.4 Å². The molecule has 4 aromatic rings. The summed E-state index contributed by atoms with van der Waals surface area (Å²) in [5.74, 6) is -0.469. The first-order valence-electron chi connectivity index (χ1n) is 7.49. The van der Waals surface area contributed by atoms with Gasteiger partial charge in [0.2, 0.25) is 0 Å². The Morgan fingerprint density at radius 2 is 1.96 bits per heavy atom. The number of anilines is 1. The van der Waals surface area contributed by atoms with Crippen molar-refractivity contribution in [3.8, 4) is 11.3 Å². The smallest absolute Gasteiger partial charge is 0.269 e. The van der Waals surface area contributed by atoms with E-state index in [1.54, 1.807) is 12.1 Å². The molecule has 126 valence electrons. The lowest BCUT2D eigenvalue weighted by molar-refractivity contribution is 0.102. The summed E-state index contributed by atoms with van der Waals surface area (Å²) in [6.07, 6.45) is 1.86. The van der Waals surface area contributed by atoms with Gasteiger partial charge in [0, 0.05) is 22.8 Å². The molecule has 8 heteroatoms. The summed E-state index contributed by atoms with van der Waals surface area (Å²) in [5, 5.41) is 5.29. The molecule has 1 N–H and O–H groups in total. The summed E-state index contributed by atoms with van der Waals surface area (Å²) in [6.45, 7) is 3.76. The van der Waals surface area contributed by atoms with Crippen molar-refractivity contribution >= 4 is 38.7 Å². The first kappa shape index (κ1) is 15.9. The molecule has 0 aliphatic heterocycles. The molecule has 3 aromatic heterocycles. The Bertz CT molecular complexity index is 1080. The number of hydrogen-bond donors (Lipinski definition) is 1. The molecule has 25 heavy (non-hydrogen) atoms. The van der Waals surface area contributed by atoms with E-state index in [2.05, 4.69) is 15.3 Å². The maximum absolute atomic E-state index is 13.1. The number of imidazole rings is 1. The molecule has 0 fully saturated rings. The minimum Gasteiger partial charge on any atom is -0.297 e. The highest BCUT2D eigenvalue weighted by Crippen LogP contribution is 2.28. The van der Waals surface area contributed by atoms with Gasteiger partial charge in [0.25, 0.3) is 5.91 Å². The van der Waals surface area contributed by atoms with Crippen molar-refractivity contribution in [3.63, 3.8) is 0 Å². The van der Waals surface area contributed by atoms with E-state index >= 15 is 0 Å². The second-order valence-corrected chi connectivity index (χ2v) is 7.39. The van der Waals surface area contributed by atoms with E-state index in [4.69, 9.17) is 0 Å². The zero-order valence-electron chi connectivity index (χ0n) is 13.4. The molecule has 0 aliphatic carbocycles. The SMILES string of the molecule is Cc1csc(NC(=O)c2sc3nc(-c4ccc(F)cc4)cn3c2C)n1. The van der Waals surface area contributed by atoms with E-state index in [0.717, 1.165) is 27.6 Å². The molecule has 1 amide bonds. The Kier molecular flexibility index (Phi) is 3.85. The van der Waals surface area contributed by atoms with Crippen LogP contribution >= 0.6 is 22.7 Å². The first-order valence-corrected chi connectivity index (χ1v) is 9.19. The number of amides is 1. The van der Waals surface area contributed by atoms with E-state index in [1.165, 1.54) is 34.8 Å². The average molecular weight is 372 g/mol. The second-order valence-electron chi connectivity index (χ2n) is 5.55. The van der Waals surface area contributed by atoms with E-state index in [-0.39, 0.29) is 11.7 Å². The van der Waals surface area contributed by atoms with Crippen molar-refractivity contribution in [1.82, 2.24) is 14.4 Å². The molecule has 0 saturated heterocycles. The molecule has 0 spiro atoms. The van der Waals surface area contributed by atoms with E-state index < -0.39 is 0 Å². The third-order valence-electron chi connectivity index (χ3n) is 3.74. The minimum atomic E-state index is -0.280. The van der Waals surface area contributed by atoms with Crippen LogP contribution in [0.25, 0.3) is 16.2 Å². The van der Waals surface area contributed by atoms with Crippen LogP contribution in [0.5, 0.6) is 0 Å². The fraction of sp³-hybridized carbons (Fsp3) is 0.118. The predicted octanol–water partition coefficient (Wildman–Crippen LogP) is 4.53. The molecule has 0 unspecified atom stereocenters. The molecule has 3 heterocycles. The highest BCUT2D eigenvalue weighted by molar-refractivity contribution is 7.19. The molecule has 5 nitrogen and oxygen atoms in total. The summed E-state index contributed by atoms with van der Waals surface area (Å²) < 4.78 is 14.9. The molecular weight excluding hydrogens is 359 g/mol. The van der Waals surface area contributed by atoms with Gasteiger partial charge in [-0.15, -0.1) is 11.3 Å². The van der Waals surface area contributed by atoms with Crippen LogP contribution in [0.15, 0.2) is 35.8 Å². The molecule has 0 atom stereocenters. The number of aromatic nitrogens is 3. The highest BCUT2D eigenvalue weighted by atomic mass is 32.1. The standard InChI is InChI=1S/C17H13FN4OS2/c1-9-8-24-16(19-9)21-15(23)14-10(2)22-7-13(20-17(22)25-14)11-3-5-12(18)6-4-11/h3-8H,1-2H3,(H,19,21,23). The Morgan fingerprint density at radius 1 is 1.20 bits per heavy atom. The summed E-state index contributed by atoms with van der Waals surface area (Å²) in [7, 11) is 0. The van der Waals surface area contributed by atoms with Crippen molar-refractivity contribution in [3.05, 3.63) is 57.9 Å². The van der Waals surface area contributed by atoms with Crippen LogP contribution in [0, 0.1) is 19.7 Å². The van der Waals surface area contributed by atoms with Crippen LogP contribution in [0.1, 0.15) is 21.1 Å². The van der Waals surface area contributed by atoms with Gasteiger partial charge in [-0.2, -0.15) is 0 Å². The maximum atomic E-state index is 13.1. The molecule has 0 aliphatic rings. The van der Waals surface area contributed by atoms with Crippen LogP contribution < -0.4 is 5.32 Å². The van der Waals surface area contributed by atoms with Gasteiger partial charge in [0.1, 0.15) is 10.7 Å². The van der Waals surface area contributed by atoms with Crippen molar-refractivity contribution in [2.24, 2.45) is 0 Å². The normalized spacial score (nSPS) is 11.2. The first-order chi connectivity index (χ1) is 12.0. The Labute approximate surface area is 150 Å². The van der Waals surface area contributed by atoms with Gasteiger partial charge < -0.3 is 0 Å². The van der Waals surface area contributed by atoms with Gasteiger partial charge in [0.15, 0.2) is 10.1 Å². The molecule has 1 aromatic carbocycles. The predicted molar refractivity (Wildman–Crippen MR) is 98.0 cm³/mol. The molecule has 4 rings (SSSR count). The summed E-state index contributed by atoms with van der Waals surface area (Å²) in [4.78, 5) is 22.6. The number of thiazole rings is 2. The lowest BCUT2D eigenvalue weighted by Crippen LogP contribution is -2.11. The number of carbonyl (C=O) groups excluding carboxylic acids is 1. The fourth-order valence-electron chi connectivity index (χ4n) is 2.49. The van der Waals surface area contributed by atoms with Gasteiger partial charge in [-0.25, -0.2) is 14.4 Å². The van der Waals surface area contributed by atoms with Gasteiger partial charge in [-0.3, -0.25) is 14.5 Å². The number of rotatable bonds is 3. The summed E-state index contributed by atoms with van der Waals surface area (Å²) >= 11 is 2.72. The van der Waals surface area contributed by atoms with Crippen molar-refractivity contribution in [2.45, 2.75) is 13.8 Å². The molecule has 0 bridgehead atoms. The largest absolute Gasteiger partial charge is 0.297 e. The Hall–Kier alpha value is -2.58. The second kappa shape index (κ2) is 6.05. The number of benzene rings is 1. The van der Waals surface area contributed by atoms with Crippen LogP contribution in [0.3, 0.4) is 0 Å². The van der Waals surface area contributed by atoms with Crippen LogP contribution in [0.4, 0.5) is 9.52 Å². The van der Waals surface area contributed by atoms with Gasteiger partial charge >= 0.3 is 0 Å². The number of carbonyl (C=O) groups is 1. The Balaban J connectivity index is 1.65. The maximum Gasteiger partial charge on any atom is 0.269 e. The van der Waals surface area contributed by atoms with Crippen LogP contribution in [-0.4, -0.2) is 20.3 Å². The lowest BCUT2D eigenvalue weighted by atomic mass is 10.2. The number of hydrogen-bond acceptors (Lipinski definition) is 5. The zero-order valence-corrected chi connectivity index (χ0v) is 15.0. The van der Waals surface area contributed by atoms with Crippen molar-refractivity contribution < 1.29 is 9.18 Å². The number of halogens is 1. The van der Waals surface area contributed by atoms with Gasteiger partial charge in [-0.05, 0) is 38.1 Å². The number of nitrogens with one attached hydrogen (secondary N) is 1. The topological polar surface area (TPSA) is 59.3 Å².